The van der Waals surface area contributed by atoms with Crippen molar-refractivity contribution in [2.24, 2.45) is 5.92 Å². The van der Waals surface area contributed by atoms with Gasteiger partial charge in [0.05, 0.1) is 18.4 Å². The molecule has 19 heavy (non-hydrogen) atoms. The highest BCUT2D eigenvalue weighted by Crippen LogP contribution is 2.08. The SMILES string of the molecule is CC(C)CNCc1cn(Cc2ccc(I)cc2)nn1. The second-order valence-corrected chi connectivity index (χ2v) is 6.30. The van der Waals surface area contributed by atoms with Gasteiger partial charge in [-0.25, -0.2) is 4.68 Å². The highest BCUT2D eigenvalue weighted by molar-refractivity contribution is 14.1. The van der Waals surface area contributed by atoms with Crippen LogP contribution in [0.25, 0.3) is 0 Å². The molecule has 4 nitrogen and oxygen atoms in total. The number of halogens is 1. The Balaban J connectivity index is 1.88. The van der Waals surface area contributed by atoms with Gasteiger partial charge in [-0.3, -0.25) is 0 Å². The molecule has 1 aromatic carbocycles. The molecule has 1 N–H and O–H groups in total. The number of aromatic nitrogens is 3. The first-order valence-corrected chi connectivity index (χ1v) is 7.55. The Labute approximate surface area is 127 Å². The van der Waals surface area contributed by atoms with Crippen LogP contribution in [0.1, 0.15) is 25.1 Å². The Morgan fingerprint density at radius 2 is 2.00 bits per heavy atom. The molecular weight excluding hydrogens is 351 g/mol. The Morgan fingerprint density at radius 3 is 2.68 bits per heavy atom. The van der Waals surface area contributed by atoms with Crippen LogP contribution in [-0.4, -0.2) is 21.5 Å². The van der Waals surface area contributed by atoms with Gasteiger partial charge < -0.3 is 5.32 Å². The van der Waals surface area contributed by atoms with Crippen LogP contribution in [0, 0.1) is 9.49 Å². The summed E-state index contributed by atoms with van der Waals surface area (Å²) in [6, 6.07) is 8.47. The van der Waals surface area contributed by atoms with Crippen molar-refractivity contribution >= 4 is 22.6 Å². The fraction of sp³-hybridized carbons (Fsp3) is 0.429. The molecule has 0 saturated heterocycles. The van der Waals surface area contributed by atoms with Gasteiger partial charge in [-0.15, -0.1) is 5.10 Å². The van der Waals surface area contributed by atoms with Crippen molar-refractivity contribution in [3.8, 4) is 0 Å². The monoisotopic (exact) mass is 370 g/mol. The van der Waals surface area contributed by atoms with Gasteiger partial charge in [0.15, 0.2) is 0 Å². The van der Waals surface area contributed by atoms with Gasteiger partial charge in [0, 0.05) is 10.1 Å². The molecule has 0 saturated carbocycles. The summed E-state index contributed by atoms with van der Waals surface area (Å²) in [5, 5.41) is 11.7. The van der Waals surface area contributed by atoms with Gasteiger partial charge in [-0.1, -0.05) is 31.2 Å². The summed E-state index contributed by atoms with van der Waals surface area (Å²) >= 11 is 2.31. The van der Waals surface area contributed by atoms with E-state index in [1.54, 1.807) is 0 Å². The molecule has 2 rings (SSSR count). The maximum atomic E-state index is 4.18. The third-order valence-corrected chi connectivity index (χ3v) is 3.42. The second kappa shape index (κ2) is 7.00. The van der Waals surface area contributed by atoms with Crippen molar-refractivity contribution in [3.63, 3.8) is 0 Å². The molecular formula is C14H19IN4. The number of hydrogen-bond donors (Lipinski definition) is 1. The Kier molecular flexibility index (Phi) is 5.33. The first-order valence-electron chi connectivity index (χ1n) is 6.47. The highest BCUT2D eigenvalue weighted by atomic mass is 127. The third-order valence-electron chi connectivity index (χ3n) is 2.70. The summed E-state index contributed by atoms with van der Waals surface area (Å²) in [5.41, 5.74) is 2.23. The molecule has 2 aromatic rings. The first-order chi connectivity index (χ1) is 9.13. The molecule has 0 atom stereocenters. The number of nitrogens with zero attached hydrogens (tertiary/aromatic N) is 3. The lowest BCUT2D eigenvalue weighted by atomic mass is 10.2. The van der Waals surface area contributed by atoms with Crippen molar-refractivity contribution < 1.29 is 0 Å². The molecule has 1 aromatic heterocycles. The summed E-state index contributed by atoms with van der Waals surface area (Å²) in [5.74, 6) is 0.654. The minimum Gasteiger partial charge on any atom is -0.311 e. The van der Waals surface area contributed by atoms with Crippen molar-refractivity contribution in [1.29, 1.82) is 0 Å². The van der Waals surface area contributed by atoms with Gasteiger partial charge >= 0.3 is 0 Å². The smallest absolute Gasteiger partial charge is 0.0964 e. The second-order valence-electron chi connectivity index (χ2n) is 5.06. The molecule has 0 bridgehead atoms. The average molecular weight is 370 g/mol. The van der Waals surface area contributed by atoms with Gasteiger partial charge in [-0.05, 0) is 52.7 Å². The van der Waals surface area contributed by atoms with Crippen molar-refractivity contribution in [1.82, 2.24) is 20.3 Å². The normalized spacial score (nSPS) is 11.2. The van der Waals surface area contributed by atoms with E-state index in [9.17, 15) is 0 Å². The summed E-state index contributed by atoms with van der Waals surface area (Å²) in [6.45, 7) is 6.95. The maximum Gasteiger partial charge on any atom is 0.0964 e. The third kappa shape index (κ3) is 4.91. The number of hydrogen-bond acceptors (Lipinski definition) is 3. The minimum absolute atomic E-state index is 0.654. The van der Waals surface area contributed by atoms with E-state index in [0.717, 1.165) is 25.3 Å². The van der Waals surface area contributed by atoms with Crippen molar-refractivity contribution in [2.75, 3.05) is 6.54 Å². The van der Waals surface area contributed by atoms with E-state index in [4.69, 9.17) is 0 Å². The van der Waals surface area contributed by atoms with Crippen LogP contribution in [0.15, 0.2) is 30.5 Å². The maximum absolute atomic E-state index is 4.18. The molecule has 0 spiro atoms. The number of benzene rings is 1. The standard InChI is InChI=1S/C14H19IN4/c1-11(2)7-16-8-14-10-19(18-17-14)9-12-3-5-13(15)6-4-12/h3-6,10-11,16H,7-9H2,1-2H3. The zero-order valence-corrected chi connectivity index (χ0v) is 13.5. The molecule has 1 heterocycles. The molecule has 0 unspecified atom stereocenters. The lowest BCUT2D eigenvalue weighted by molar-refractivity contribution is 0.548. The molecule has 0 aliphatic rings. The van der Waals surface area contributed by atoms with Gasteiger partial charge in [0.2, 0.25) is 0 Å². The van der Waals surface area contributed by atoms with Crippen LogP contribution >= 0.6 is 22.6 Å². The lowest BCUT2D eigenvalue weighted by Gasteiger charge is -2.04. The number of nitrogens with one attached hydrogen (secondary N) is 1. The van der Waals surface area contributed by atoms with E-state index < -0.39 is 0 Å². The zero-order chi connectivity index (χ0) is 13.7. The van der Waals surface area contributed by atoms with Crippen LogP contribution in [0.3, 0.4) is 0 Å². The largest absolute Gasteiger partial charge is 0.311 e. The quantitative estimate of drug-likeness (QED) is 0.796. The predicted molar refractivity (Wildman–Crippen MR) is 84.8 cm³/mol. The van der Waals surface area contributed by atoms with Crippen LogP contribution in [0.2, 0.25) is 0 Å². The van der Waals surface area contributed by atoms with E-state index >= 15 is 0 Å². The highest BCUT2D eigenvalue weighted by Gasteiger charge is 2.02. The van der Waals surface area contributed by atoms with Crippen molar-refractivity contribution in [2.45, 2.75) is 26.9 Å². The van der Waals surface area contributed by atoms with Crippen LogP contribution in [-0.2, 0) is 13.1 Å². The molecule has 0 amide bonds. The van der Waals surface area contributed by atoms with E-state index in [2.05, 4.69) is 76.3 Å². The minimum atomic E-state index is 0.654. The molecule has 0 fully saturated rings. The number of rotatable bonds is 6. The van der Waals surface area contributed by atoms with E-state index in [0.29, 0.717) is 5.92 Å². The van der Waals surface area contributed by atoms with Crippen LogP contribution in [0.4, 0.5) is 0 Å². The van der Waals surface area contributed by atoms with Crippen LogP contribution < -0.4 is 5.32 Å². The molecule has 0 aliphatic heterocycles. The zero-order valence-electron chi connectivity index (χ0n) is 11.3. The summed E-state index contributed by atoms with van der Waals surface area (Å²) in [6.07, 6.45) is 2.01. The van der Waals surface area contributed by atoms with Crippen LogP contribution in [0.5, 0.6) is 0 Å². The Hall–Kier alpha value is -0.950. The molecule has 0 radical (unpaired) electrons. The van der Waals surface area contributed by atoms with Crippen molar-refractivity contribution in [3.05, 3.63) is 45.3 Å². The first kappa shape index (κ1) is 14.5. The van der Waals surface area contributed by atoms with Gasteiger partial charge in [-0.2, -0.15) is 0 Å². The average Bonchev–Trinajstić information content (AvgIpc) is 2.79. The van der Waals surface area contributed by atoms with E-state index in [1.165, 1.54) is 9.13 Å². The van der Waals surface area contributed by atoms with Gasteiger partial charge in [0.25, 0.3) is 0 Å². The van der Waals surface area contributed by atoms with E-state index in [1.807, 2.05) is 10.9 Å². The Bertz CT molecular complexity index is 504. The molecule has 5 heteroatoms. The van der Waals surface area contributed by atoms with Gasteiger partial charge in [0.1, 0.15) is 0 Å². The Morgan fingerprint density at radius 1 is 1.26 bits per heavy atom. The predicted octanol–water partition coefficient (Wildman–Crippen LogP) is 2.68. The summed E-state index contributed by atoms with van der Waals surface area (Å²) in [7, 11) is 0. The molecule has 0 aliphatic carbocycles. The lowest BCUT2D eigenvalue weighted by Crippen LogP contribution is -2.19. The van der Waals surface area contributed by atoms with E-state index in [-0.39, 0.29) is 0 Å². The topological polar surface area (TPSA) is 42.7 Å². The fourth-order valence-corrected chi connectivity index (χ4v) is 2.12. The summed E-state index contributed by atoms with van der Waals surface area (Å²) in [4.78, 5) is 0. The summed E-state index contributed by atoms with van der Waals surface area (Å²) < 4.78 is 3.13. The fourth-order valence-electron chi connectivity index (χ4n) is 1.76. The molecule has 102 valence electrons.